The highest BCUT2D eigenvalue weighted by Crippen LogP contribution is 2.34. The predicted octanol–water partition coefficient (Wildman–Crippen LogP) is 4.61. The van der Waals surface area contributed by atoms with Crippen molar-refractivity contribution in [2.75, 3.05) is 36.1 Å². The molecular weight excluding hydrogens is 388 g/mol. The van der Waals surface area contributed by atoms with Crippen molar-refractivity contribution in [1.82, 2.24) is 9.97 Å². The Labute approximate surface area is 182 Å². The fourth-order valence-electron chi connectivity index (χ4n) is 5.21. The number of aromatic amines is 1. The highest BCUT2D eigenvalue weighted by Gasteiger charge is 2.30. The largest absolute Gasteiger partial charge is 0.381 e. The molecule has 0 saturated carbocycles. The monoisotopic (exact) mass is 416 g/mol. The fraction of sp³-hybridized carbons (Fsp3) is 0.440. The minimum Gasteiger partial charge on any atom is -0.381 e. The summed E-state index contributed by atoms with van der Waals surface area (Å²) in [5, 5.41) is 0. The van der Waals surface area contributed by atoms with Gasteiger partial charge in [0.25, 0.3) is 5.91 Å². The Bertz CT molecular complexity index is 1130. The van der Waals surface area contributed by atoms with Crippen LogP contribution in [0.25, 0.3) is 11.0 Å². The van der Waals surface area contributed by atoms with E-state index in [2.05, 4.69) is 28.1 Å². The van der Waals surface area contributed by atoms with Gasteiger partial charge >= 0.3 is 0 Å². The first kappa shape index (κ1) is 18.9. The number of carbonyl (C=O) groups is 1. The molecular formula is C25H28N4O2. The number of imidazole rings is 1. The number of ether oxygens (including phenoxy) is 1. The number of rotatable bonds is 3. The summed E-state index contributed by atoms with van der Waals surface area (Å²) >= 11 is 0. The van der Waals surface area contributed by atoms with Gasteiger partial charge in [-0.3, -0.25) is 4.79 Å². The van der Waals surface area contributed by atoms with Crippen LogP contribution in [0.5, 0.6) is 0 Å². The molecule has 0 bridgehead atoms. The van der Waals surface area contributed by atoms with E-state index in [9.17, 15) is 4.79 Å². The zero-order valence-corrected chi connectivity index (χ0v) is 17.8. The van der Waals surface area contributed by atoms with Crippen LogP contribution < -0.4 is 9.80 Å². The molecule has 6 heteroatoms. The first-order valence-electron chi connectivity index (χ1n) is 11.5. The second kappa shape index (κ2) is 7.68. The van der Waals surface area contributed by atoms with E-state index in [0.29, 0.717) is 12.5 Å². The maximum atomic E-state index is 13.1. The Kier molecular flexibility index (Phi) is 4.68. The van der Waals surface area contributed by atoms with Crippen molar-refractivity contribution in [3.05, 3.63) is 53.3 Å². The van der Waals surface area contributed by atoms with Gasteiger partial charge in [0.2, 0.25) is 0 Å². The van der Waals surface area contributed by atoms with Crippen LogP contribution in [0.15, 0.2) is 36.4 Å². The predicted molar refractivity (Wildman–Crippen MR) is 122 cm³/mol. The quantitative estimate of drug-likeness (QED) is 0.677. The van der Waals surface area contributed by atoms with Crippen LogP contribution in [0.1, 0.15) is 59.8 Å². The van der Waals surface area contributed by atoms with E-state index in [1.807, 2.05) is 23.1 Å². The molecule has 0 unspecified atom stereocenters. The summed E-state index contributed by atoms with van der Waals surface area (Å²) in [6.07, 6.45) is 5.84. The van der Waals surface area contributed by atoms with Crippen molar-refractivity contribution in [3.8, 4) is 0 Å². The Morgan fingerprint density at radius 1 is 0.968 bits per heavy atom. The molecule has 0 aliphatic carbocycles. The second-order valence-electron chi connectivity index (χ2n) is 8.99. The lowest BCUT2D eigenvalue weighted by atomic mass is 10.00. The second-order valence-corrected chi connectivity index (χ2v) is 8.99. The number of aromatic nitrogens is 2. The van der Waals surface area contributed by atoms with Crippen LogP contribution in [-0.4, -0.2) is 42.2 Å². The maximum Gasteiger partial charge on any atom is 0.258 e. The van der Waals surface area contributed by atoms with Gasteiger partial charge < -0.3 is 19.5 Å². The van der Waals surface area contributed by atoms with Gasteiger partial charge in [0, 0.05) is 49.2 Å². The number of hydrogen-bond donors (Lipinski definition) is 1. The molecule has 0 atom stereocenters. The Hall–Kier alpha value is -2.86. The lowest BCUT2D eigenvalue weighted by molar-refractivity contribution is 0.0838. The number of hydrogen-bond acceptors (Lipinski definition) is 4. The van der Waals surface area contributed by atoms with Gasteiger partial charge in [-0.15, -0.1) is 0 Å². The highest BCUT2D eigenvalue weighted by atomic mass is 16.5. The molecule has 0 spiro atoms. The number of piperidine rings is 1. The van der Waals surface area contributed by atoms with E-state index in [1.54, 1.807) is 0 Å². The van der Waals surface area contributed by atoms with Crippen molar-refractivity contribution < 1.29 is 9.53 Å². The van der Waals surface area contributed by atoms with Gasteiger partial charge in [0.15, 0.2) is 0 Å². The van der Waals surface area contributed by atoms with E-state index >= 15 is 0 Å². The average Bonchev–Trinajstić information content (AvgIpc) is 3.40. The topological polar surface area (TPSA) is 61.5 Å². The number of carbonyl (C=O) groups excluding carboxylic acids is 1. The molecule has 160 valence electrons. The van der Waals surface area contributed by atoms with Crippen LogP contribution in [0.2, 0.25) is 0 Å². The summed E-state index contributed by atoms with van der Waals surface area (Å²) in [4.78, 5) is 25.8. The van der Waals surface area contributed by atoms with Crippen LogP contribution in [-0.2, 0) is 11.3 Å². The minimum absolute atomic E-state index is 0.0868. The molecule has 2 saturated heterocycles. The van der Waals surface area contributed by atoms with Crippen molar-refractivity contribution in [2.45, 2.75) is 44.6 Å². The lowest BCUT2D eigenvalue weighted by Gasteiger charge is -2.29. The first-order chi connectivity index (χ1) is 15.3. The van der Waals surface area contributed by atoms with Crippen molar-refractivity contribution in [3.63, 3.8) is 0 Å². The third kappa shape index (κ3) is 3.39. The van der Waals surface area contributed by atoms with Crippen molar-refractivity contribution >= 4 is 28.3 Å². The highest BCUT2D eigenvalue weighted by molar-refractivity contribution is 6.10. The Balaban J connectivity index is 1.26. The molecule has 6 rings (SSSR count). The van der Waals surface area contributed by atoms with Crippen molar-refractivity contribution in [1.29, 1.82) is 0 Å². The summed E-state index contributed by atoms with van der Waals surface area (Å²) < 4.78 is 5.48. The molecule has 6 nitrogen and oxygen atoms in total. The molecule has 1 aromatic heterocycles. The smallest absolute Gasteiger partial charge is 0.258 e. The van der Waals surface area contributed by atoms with Gasteiger partial charge in [0.1, 0.15) is 5.82 Å². The Morgan fingerprint density at radius 2 is 1.77 bits per heavy atom. The van der Waals surface area contributed by atoms with E-state index in [1.165, 1.54) is 24.9 Å². The third-order valence-electron chi connectivity index (χ3n) is 7.02. The summed E-state index contributed by atoms with van der Waals surface area (Å²) in [6, 6.07) is 12.5. The van der Waals surface area contributed by atoms with Gasteiger partial charge in [-0.1, -0.05) is 0 Å². The molecule has 1 amide bonds. The molecule has 0 radical (unpaired) electrons. The number of fused-ring (bicyclic) bond motifs is 2. The summed E-state index contributed by atoms with van der Waals surface area (Å²) in [6.45, 7) is 4.45. The maximum absolute atomic E-state index is 13.1. The number of anilines is 2. The lowest BCUT2D eigenvalue weighted by Crippen LogP contribution is -2.29. The zero-order valence-electron chi connectivity index (χ0n) is 17.8. The molecule has 2 fully saturated rings. The summed E-state index contributed by atoms with van der Waals surface area (Å²) in [5.74, 6) is 1.55. The molecule has 3 aliphatic heterocycles. The fourth-order valence-corrected chi connectivity index (χ4v) is 5.21. The number of H-pyrrole nitrogens is 1. The zero-order chi connectivity index (χ0) is 20.8. The molecule has 1 N–H and O–H groups in total. The van der Waals surface area contributed by atoms with Gasteiger partial charge in [-0.25, -0.2) is 4.98 Å². The van der Waals surface area contributed by atoms with Gasteiger partial charge in [-0.2, -0.15) is 0 Å². The first-order valence-corrected chi connectivity index (χ1v) is 11.5. The van der Waals surface area contributed by atoms with Crippen LogP contribution in [0.4, 0.5) is 11.4 Å². The van der Waals surface area contributed by atoms with Crippen LogP contribution in [0, 0.1) is 0 Å². The summed E-state index contributed by atoms with van der Waals surface area (Å²) in [7, 11) is 0. The van der Waals surface area contributed by atoms with E-state index < -0.39 is 0 Å². The minimum atomic E-state index is 0.0868. The van der Waals surface area contributed by atoms with Crippen LogP contribution >= 0.6 is 0 Å². The molecule has 4 heterocycles. The number of nitrogens with zero attached hydrogens (tertiary/aromatic N) is 3. The van der Waals surface area contributed by atoms with E-state index in [4.69, 9.17) is 9.72 Å². The van der Waals surface area contributed by atoms with Crippen LogP contribution in [0.3, 0.4) is 0 Å². The van der Waals surface area contributed by atoms with E-state index in [0.717, 1.165) is 72.8 Å². The SMILES string of the molecule is O=C1c2ccc(N3CCCCC3)cc2CN1c1ccc2nc(C3CCOCC3)[nH]c2c1. The Morgan fingerprint density at radius 3 is 2.61 bits per heavy atom. The standard InChI is InChI=1S/C25H28N4O2/c30-25-21-6-4-19(28-10-2-1-3-11-28)14-18(21)16-29(25)20-5-7-22-23(15-20)27-24(26-22)17-8-12-31-13-9-17/h4-7,14-15,17H,1-3,8-13,16H2,(H,26,27). The van der Waals surface area contributed by atoms with Gasteiger partial charge in [-0.05, 0) is 74.1 Å². The molecule has 3 aromatic rings. The number of nitrogens with one attached hydrogen (secondary N) is 1. The third-order valence-corrected chi connectivity index (χ3v) is 7.02. The van der Waals surface area contributed by atoms with Crippen molar-refractivity contribution in [2.24, 2.45) is 0 Å². The number of amides is 1. The van der Waals surface area contributed by atoms with Gasteiger partial charge in [0.05, 0.1) is 17.6 Å². The van der Waals surface area contributed by atoms with E-state index in [-0.39, 0.29) is 5.91 Å². The normalized spacial score (nSPS) is 19.9. The molecule has 31 heavy (non-hydrogen) atoms. The average molecular weight is 417 g/mol. The number of benzene rings is 2. The summed E-state index contributed by atoms with van der Waals surface area (Å²) in [5.41, 5.74) is 6.08. The molecule has 3 aliphatic rings. The molecule has 2 aromatic carbocycles.